The van der Waals surface area contributed by atoms with Crippen molar-refractivity contribution in [2.24, 2.45) is 0 Å². The number of likely N-dealkylation sites (N-methyl/N-ethyl adjacent to an activating group) is 1. The second kappa shape index (κ2) is 6.09. The Kier molecular flexibility index (Phi) is 4.24. The number of nitrogen functional groups attached to an aromatic ring is 1. The van der Waals surface area contributed by atoms with Crippen molar-refractivity contribution in [2.45, 2.75) is 20.0 Å². The van der Waals surface area contributed by atoms with Crippen molar-refractivity contribution in [3.05, 3.63) is 35.6 Å². The lowest BCUT2D eigenvalue weighted by molar-refractivity contribution is -0.132. The molecule has 0 radical (unpaired) electrons. The van der Waals surface area contributed by atoms with Gasteiger partial charge in [0.05, 0.1) is 0 Å². The number of halogens is 1. The van der Waals surface area contributed by atoms with Crippen LogP contribution in [0.3, 0.4) is 0 Å². The van der Waals surface area contributed by atoms with Crippen LogP contribution in [-0.4, -0.2) is 37.6 Å². The van der Waals surface area contributed by atoms with E-state index in [-0.39, 0.29) is 24.2 Å². The van der Waals surface area contributed by atoms with Gasteiger partial charge in [-0.1, -0.05) is 17.2 Å². The lowest BCUT2D eigenvalue weighted by Gasteiger charge is -2.20. The highest BCUT2D eigenvalue weighted by Gasteiger charge is 2.15. The van der Waals surface area contributed by atoms with E-state index in [1.807, 2.05) is 6.92 Å². The highest BCUT2D eigenvalue weighted by Crippen LogP contribution is 2.07. The monoisotopic (exact) mass is 278 g/mol. The fourth-order valence-electron chi connectivity index (χ4n) is 1.74. The van der Waals surface area contributed by atoms with Gasteiger partial charge in [0, 0.05) is 13.1 Å². The van der Waals surface area contributed by atoms with E-state index in [9.17, 15) is 9.18 Å². The predicted octanol–water partition coefficient (Wildman–Crippen LogP) is 0.443. The summed E-state index contributed by atoms with van der Waals surface area (Å²) in [6.07, 6.45) is 0. The molecule has 1 aromatic heterocycles. The number of carbonyl (C=O) groups is 1. The number of carbonyl (C=O) groups excluding carboxylic acids is 1. The Balaban J connectivity index is 2.02. The Labute approximate surface area is 115 Å². The van der Waals surface area contributed by atoms with Gasteiger partial charge in [0.15, 0.2) is 0 Å². The average Bonchev–Trinajstić information content (AvgIpc) is 2.83. The van der Waals surface area contributed by atoms with Gasteiger partial charge < -0.3 is 10.6 Å². The molecule has 0 aliphatic rings. The highest BCUT2D eigenvalue weighted by atomic mass is 19.1. The van der Waals surface area contributed by atoms with Crippen LogP contribution in [0.4, 0.5) is 10.3 Å². The molecule has 2 rings (SSSR count). The first-order valence-electron chi connectivity index (χ1n) is 6.14. The normalized spacial score (nSPS) is 10.5. The molecule has 7 nitrogen and oxygen atoms in total. The summed E-state index contributed by atoms with van der Waals surface area (Å²) in [4.78, 5) is 13.8. The SMILES string of the molecule is CCN(Cc1ccc(F)cc1)C(=O)Cn1nnnc1N. The van der Waals surface area contributed by atoms with Gasteiger partial charge in [-0.15, -0.1) is 0 Å². The first kappa shape index (κ1) is 13.9. The Morgan fingerprint density at radius 2 is 2.10 bits per heavy atom. The summed E-state index contributed by atoms with van der Waals surface area (Å²) in [5, 5.41) is 10.5. The summed E-state index contributed by atoms with van der Waals surface area (Å²) < 4.78 is 14.1. The lowest BCUT2D eigenvalue weighted by Crippen LogP contribution is -2.33. The summed E-state index contributed by atoms with van der Waals surface area (Å²) >= 11 is 0. The Hall–Kier alpha value is -2.51. The lowest BCUT2D eigenvalue weighted by atomic mass is 10.2. The Morgan fingerprint density at radius 3 is 2.65 bits per heavy atom. The van der Waals surface area contributed by atoms with Crippen molar-refractivity contribution in [3.8, 4) is 0 Å². The van der Waals surface area contributed by atoms with E-state index in [1.54, 1.807) is 17.0 Å². The van der Waals surface area contributed by atoms with Crippen molar-refractivity contribution < 1.29 is 9.18 Å². The van der Waals surface area contributed by atoms with E-state index in [0.29, 0.717) is 13.1 Å². The van der Waals surface area contributed by atoms with E-state index in [2.05, 4.69) is 15.5 Å². The second-order valence-electron chi connectivity index (χ2n) is 4.23. The molecule has 8 heteroatoms. The number of nitrogens with two attached hydrogens (primary N) is 1. The average molecular weight is 278 g/mol. The maximum Gasteiger partial charge on any atom is 0.244 e. The fraction of sp³-hybridized carbons (Fsp3) is 0.333. The summed E-state index contributed by atoms with van der Waals surface area (Å²) in [5.74, 6) is -0.364. The molecule has 2 N–H and O–H groups in total. The third-order valence-corrected chi connectivity index (χ3v) is 2.87. The maximum atomic E-state index is 12.8. The molecule has 0 atom stereocenters. The minimum absolute atomic E-state index is 0.0200. The predicted molar refractivity (Wildman–Crippen MR) is 69.7 cm³/mol. The molecule has 0 bridgehead atoms. The fourth-order valence-corrected chi connectivity index (χ4v) is 1.74. The maximum absolute atomic E-state index is 12.8. The molecule has 0 spiro atoms. The van der Waals surface area contributed by atoms with Crippen LogP contribution in [0, 0.1) is 5.82 Å². The van der Waals surface area contributed by atoms with E-state index in [1.165, 1.54) is 16.8 Å². The Morgan fingerprint density at radius 1 is 1.40 bits per heavy atom. The summed E-state index contributed by atoms with van der Waals surface area (Å²) in [6.45, 7) is 2.77. The van der Waals surface area contributed by atoms with Gasteiger partial charge in [0.1, 0.15) is 12.4 Å². The second-order valence-corrected chi connectivity index (χ2v) is 4.23. The number of rotatable bonds is 5. The zero-order valence-electron chi connectivity index (χ0n) is 11.0. The van der Waals surface area contributed by atoms with Gasteiger partial charge in [-0.2, -0.15) is 0 Å². The van der Waals surface area contributed by atoms with Gasteiger partial charge in [-0.3, -0.25) is 4.79 Å². The number of amides is 1. The molecule has 1 amide bonds. The number of nitrogens with zero attached hydrogens (tertiary/aromatic N) is 5. The molecule has 0 aliphatic carbocycles. The highest BCUT2D eigenvalue weighted by molar-refractivity contribution is 5.76. The standard InChI is InChI=1S/C12H15FN6O/c1-2-18(7-9-3-5-10(13)6-4-9)11(20)8-19-12(14)15-16-17-19/h3-6H,2,7-8H2,1H3,(H2,14,15,17). The van der Waals surface area contributed by atoms with Crippen molar-refractivity contribution in [1.82, 2.24) is 25.1 Å². The van der Waals surface area contributed by atoms with Crippen LogP contribution in [0.5, 0.6) is 0 Å². The van der Waals surface area contributed by atoms with Crippen LogP contribution in [0.2, 0.25) is 0 Å². The zero-order chi connectivity index (χ0) is 14.5. The topological polar surface area (TPSA) is 89.9 Å². The zero-order valence-corrected chi connectivity index (χ0v) is 11.0. The van der Waals surface area contributed by atoms with Crippen molar-refractivity contribution in [3.63, 3.8) is 0 Å². The first-order chi connectivity index (χ1) is 9.60. The van der Waals surface area contributed by atoms with E-state index >= 15 is 0 Å². The van der Waals surface area contributed by atoms with Crippen LogP contribution >= 0.6 is 0 Å². The number of hydrogen-bond acceptors (Lipinski definition) is 5. The number of tetrazole rings is 1. The van der Waals surface area contributed by atoms with Gasteiger partial charge in [-0.25, -0.2) is 9.07 Å². The molecular formula is C12H15FN6O. The summed E-state index contributed by atoms with van der Waals surface area (Å²) in [5.41, 5.74) is 6.37. The largest absolute Gasteiger partial charge is 0.367 e. The molecule has 20 heavy (non-hydrogen) atoms. The van der Waals surface area contributed by atoms with Gasteiger partial charge in [0.25, 0.3) is 0 Å². The molecule has 0 saturated carbocycles. The molecule has 1 heterocycles. The molecule has 1 aromatic carbocycles. The van der Waals surface area contributed by atoms with Gasteiger partial charge in [0.2, 0.25) is 11.9 Å². The van der Waals surface area contributed by atoms with Crippen LogP contribution < -0.4 is 5.73 Å². The van der Waals surface area contributed by atoms with Crippen LogP contribution in [0.15, 0.2) is 24.3 Å². The minimum atomic E-state index is -0.301. The molecule has 0 aliphatic heterocycles. The van der Waals surface area contributed by atoms with Crippen molar-refractivity contribution >= 4 is 11.9 Å². The molecule has 0 saturated heterocycles. The van der Waals surface area contributed by atoms with E-state index in [4.69, 9.17) is 5.73 Å². The van der Waals surface area contributed by atoms with Gasteiger partial charge in [-0.05, 0) is 35.0 Å². The number of aromatic nitrogens is 4. The quantitative estimate of drug-likeness (QED) is 0.857. The smallest absolute Gasteiger partial charge is 0.244 e. The van der Waals surface area contributed by atoms with E-state index < -0.39 is 0 Å². The number of hydrogen-bond donors (Lipinski definition) is 1. The third kappa shape index (κ3) is 3.28. The Bertz CT molecular complexity index is 582. The molecular weight excluding hydrogens is 263 g/mol. The van der Waals surface area contributed by atoms with Crippen LogP contribution in [-0.2, 0) is 17.9 Å². The summed E-state index contributed by atoms with van der Waals surface area (Å²) in [7, 11) is 0. The number of anilines is 1. The molecule has 0 fully saturated rings. The molecule has 0 unspecified atom stereocenters. The van der Waals surface area contributed by atoms with Crippen LogP contribution in [0.25, 0.3) is 0 Å². The molecule has 106 valence electrons. The molecule has 2 aromatic rings. The van der Waals surface area contributed by atoms with Crippen molar-refractivity contribution in [2.75, 3.05) is 12.3 Å². The van der Waals surface area contributed by atoms with Crippen LogP contribution in [0.1, 0.15) is 12.5 Å². The van der Waals surface area contributed by atoms with Crippen molar-refractivity contribution in [1.29, 1.82) is 0 Å². The van der Waals surface area contributed by atoms with Gasteiger partial charge >= 0.3 is 0 Å². The third-order valence-electron chi connectivity index (χ3n) is 2.87. The minimum Gasteiger partial charge on any atom is -0.367 e. The number of benzene rings is 1. The summed E-state index contributed by atoms with van der Waals surface area (Å²) in [6, 6.07) is 6.03. The first-order valence-corrected chi connectivity index (χ1v) is 6.14. The van der Waals surface area contributed by atoms with E-state index in [0.717, 1.165) is 5.56 Å².